The summed E-state index contributed by atoms with van der Waals surface area (Å²) in [6.07, 6.45) is 6.61. The summed E-state index contributed by atoms with van der Waals surface area (Å²) >= 11 is 5.07. The van der Waals surface area contributed by atoms with Gasteiger partial charge in [-0.3, -0.25) is 4.90 Å². The third-order valence-corrected chi connectivity index (χ3v) is 3.54. The molecule has 1 unspecified atom stereocenters. The summed E-state index contributed by atoms with van der Waals surface area (Å²) in [7, 11) is 2.14. The van der Waals surface area contributed by atoms with Crippen molar-refractivity contribution in [3.05, 3.63) is 0 Å². The second kappa shape index (κ2) is 5.66. The summed E-state index contributed by atoms with van der Waals surface area (Å²) in [6.45, 7) is 3.31. The number of hydrogen-bond acceptors (Lipinski definition) is 2. The fourth-order valence-corrected chi connectivity index (χ4v) is 2.80. The molecule has 3 heteroatoms. The summed E-state index contributed by atoms with van der Waals surface area (Å²) in [6, 6.07) is 0.297. The first kappa shape index (κ1) is 11.9. The van der Waals surface area contributed by atoms with Crippen LogP contribution in [0.2, 0.25) is 0 Å². The zero-order valence-electron chi connectivity index (χ0n) is 9.33. The van der Waals surface area contributed by atoms with Gasteiger partial charge in [0.1, 0.15) is 0 Å². The largest absolute Gasteiger partial charge is 0.392 e. The number of nitrogens with zero attached hydrogens (tertiary/aromatic N) is 1. The van der Waals surface area contributed by atoms with E-state index in [4.69, 9.17) is 18.0 Å². The number of likely N-dealkylation sites (N-methyl/N-ethyl adjacent to an activating group) is 1. The Morgan fingerprint density at radius 2 is 2.07 bits per heavy atom. The summed E-state index contributed by atoms with van der Waals surface area (Å²) in [5.41, 5.74) is 5.71. The molecule has 0 heterocycles. The van der Waals surface area contributed by atoms with Gasteiger partial charge in [-0.2, -0.15) is 0 Å². The number of hydrogen-bond donors (Lipinski definition) is 1. The molecule has 0 aromatic carbocycles. The van der Waals surface area contributed by atoms with Gasteiger partial charge in [0, 0.05) is 6.54 Å². The highest BCUT2D eigenvalue weighted by Gasteiger charge is 2.21. The zero-order chi connectivity index (χ0) is 10.6. The highest BCUT2D eigenvalue weighted by Crippen LogP contribution is 2.25. The molecule has 82 valence electrons. The molecule has 14 heavy (non-hydrogen) atoms. The maximum Gasteiger partial charge on any atom is 0.0901 e. The van der Waals surface area contributed by atoms with Crippen LogP contribution in [0.15, 0.2) is 0 Å². The van der Waals surface area contributed by atoms with Crippen LogP contribution in [0.4, 0.5) is 0 Å². The van der Waals surface area contributed by atoms with E-state index in [0.29, 0.717) is 11.0 Å². The van der Waals surface area contributed by atoms with Crippen molar-refractivity contribution in [1.82, 2.24) is 4.90 Å². The smallest absolute Gasteiger partial charge is 0.0901 e. The SMILES string of the molecule is CCC(C(N)=S)N(C)CC1CCCC1. The maximum atomic E-state index is 5.71. The molecule has 0 aromatic rings. The summed E-state index contributed by atoms with van der Waals surface area (Å²) in [4.78, 5) is 2.98. The van der Waals surface area contributed by atoms with Crippen molar-refractivity contribution >= 4 is 17.2 Å². The lowest BCUT2D eigenvalue weighted by atomic mass is 10.1. The Labute approximate surface area is 92.8 Å². The van der Waals surface area contributed by atoms with E-state index in [2.05, 4.69) is 18.9 Å². The van der Waals surface area contributed by atoms with E-state index >= 15 is 0 Å². The van der Waals surface area contributed by atoms with E-state index < -0.39 is 0 Å². The molecule has 0 saturated heterocycles. The monoisotopic (exact) mass is 214 g/mol. The van der Waals surface area contributed by atoms with Crippen LogP contribution in [0, 0.1) is 5.92 Å². The van der Waals surface area contributed by atoms with Crippen LogP contribution in [-0.4, -0.2) is 29.5 Å². The molecule has 0 spiro atoms. The molecule has 1 aliphatic rings. The number of nitrogens with two attached hydrogens (primary N) is 1. The van der Waals surface area contributed by atoms with E-state index in [-0.39, 0.29) is 0 Å². The first-order valence-corrected chi connectivity index (χ1v) is 6.05. The van der Waals surface area contributed by atoms with Crippen LogP contribution in [0.25, 0.3) is 0 Å². The minimum absolute atomic E-state index is 0.297. The molecule has 1 rings (SSSR count). The summed E-state index contributed by atoms with van der Waals surface area (Å²) in [5.74, 6) is 0.878. The van der Waals surface area contributed by atoms with Gasteiger partial charge in [0.05, 0.1) is 11.0 Å². The molecule has 0 amide bonds. The van der Waals surface area contributed by atoms with Gasteiger partial charge in [-0.05, 0) is 32.2 Å². The second-order valence-corrected chi connectivity index (χ2v) is 4.89. The van der Waals surface area contributed by atoms with Crippen LogP contribution in [0.5, 0.6) is 0 Å². The van der Waals surface area contributed by atoms with Gasteiger partial charge in [-0.1, -0.05) is 32.0 Å². The van der Waals surface area contributed by atoms with E-state index in [9.17, 15) is 0 Å². The molecule has 1 fully saturated rings. The Morgan fingerprint density at radius 3 is 2.50 bits per heavy atom. The quantitative estimate of drug-likeness (QED) is 0.711. The van der Waals surface area contributed by atoms with Gasteiger partial charge >= 0.3 is 0 Å². The van der Waals surface area contributed by atoms with Gasteiger partial charge in [0.25, 0.3) is 0 Å². The number of rotatable bonds is 5. The topological polar surface area (TPSA) is 29.3 Å². The molecule has 1 atom stereocenters. The fraction of sp³-hybridized carbons (Fsp3) is 0.909. The van der Waals surface area contributed by atoms with Crippen molar-refractivity contribution in [3.8, 4) is 0 Å². The van der Waals surface area contributed by atoms with Crippen molar-refractivity contribution in [1.29, 1.82) is 0 Å². The van der Waals surface area contributed by atoms with Crippen LogP contribution in [-0.2, 0) is 0 Å². The molecule has 2 nitrogen and oxygen atoms in total. The number of thiocarbonyl (C=S) groups is 1. The van der Waals surface area contributed by atoms with Gasteiger partial charge in [0.2, 0.25) is 0 Å². The molecule has 0 bridgehead atoms. The Balaban J connectivity index is 2.37. The Morgan fingerprint density at radius 1 is 1.50 bits per heavy atom. The molecule has 2 N–H and O–H groups in total. The van der Waals surface area contributed by atoms with Crippen molar-refractivity contribution in [2.75, 3.05) is 13.6 Å². The highest BCUT2D eigenvalue weighted by atomic mass is 32.1. The van der Waals surface area contributed by atoms with Crippen LogP contribution >= 0.6 is 12.2 Å². The van der Waals surface area contributed by atoms with E-state index in [0.717, 1.165) is 18.9 Å². The van der Waals surface area contributed by atoms with Gasteiger partial charge in [-0.25, -0.2) is 0 Å². The average Bonchev–Trinajstić information content (AvgIpc) is 2.57. The van der Waals surface area contributed by atoms with Gasteiger partial charge < -0.3 is 5.73 Å². The molecule has 0 radical (unpaired) electrons. The fourth-order valence-electron chi connectivity index (χ4n) is 2.46. The third-order valence-electron chi connectivity index (χ3n) is 3.27. The van der Waals surface area contributed by atoms with E-state index in [1.54, 1.807) is 0 Å². The Kier molecular flexibility index (Phi) is 4.82. The van der Waals surface area contributed by atoms with Crippen LogP contribution in [0.3, 0.4) is 0 Å². The summed E-state index contributed by atoms with van der Waals surface area (Å²) in [5, 5.41) is 0. The lowest BCUT2D eigenvalue weighted by Crippen LogP contribution is -2.42. The zero-order valence-corrected chi connectivity index (χ0v) is 10.1. The normalized spacial score (nSPS) is 20.2. The minimum atomic E-state index is 0.297. The first-order valence-electron chi connectivity index (χ1n) is 5.64. The molecule has 0 aromatic heterocycles. The predicted octanol–water partition coefficient (Wildman–Crippen LogP) is 2.17. The lowest BCUT2D eigenvalue weighted by Gasteiger charge is -2.28. The second-order valence-electron chi connectivity index (χ2n) is 4.42. The molecular formula is C11H22N2S. The third kappa shape index (κ3) is 3.21. The molecular weight excluding hydrogens is 192 g/mol. The van der Waals surface area contributed by atoms with Crippen molar-refractivity contribution in [2.24, 2.45) is 11.7 Å². The van der Waals surface area contributed by atoms with E-state index in [1.807, 2.05) is 0 Å². The van der Waals surface area contributed by atoms with Gasteiger partial charge in [0.15, 0.2) is 0 Å². The minimum Gasteiger partial charge on any atom is -0.392 e. The summed E-state index contributed by atoms with van der Waals surface area (Å²) < 4.78 is 0. The Bertz CT molecular complexity index is 188. The average molecular weight is 214 g/mol. The predicted molar refractivity (Wildman–Crippen MR) is 65.5 cm³/mol. The van der Waals surface area contributed by atoms with Crippen molar-refractivity contribution < 1.29 is 0 Å². The molecule has 1 saturated carbocycles. The standard InChI is InChI=1S/C11H22N2S/c1-3-10(11(12)14)13(2)8-9-6-4-5-7-9/h9-10H,3-8H2,1-2H3,(H2,12,14). The highest BCUT2D eigenvalue weighted by molar-refractivity contribution is 7.80. The molecule has 0 aliphatic heterocycles. The van der Waals surface area contributed by atoms with Crippen LogP contribution in [0.1, 0.15) is 39.0 Å². The van der Waals surface area contributed by atoms with Gasteiger partial charge in [-0.15, -0.1) is 0 Å². The van der Waals surface area contributed by atoms with Crippen LogP contribution < -0.4 is 5.73 Å². The Hall–Kier alpha value is -0.150. The van der Waals surface area contributed by atoms with E-state index in [1.165, 1.54) is 25.7 Å². The first-order chi connectivity index (χ1) is 6.65. The maximum absolute atomic E-state index is 5.71. The van der Waals surface area contributed by atoms with Crippen molar-refractivity contribution in [2.45, 2.75) is 45.1 Å². The van der Waals surface area contributed by atoms with Crippen molar-refractivity contribution in [3.63, 3.8) is 0 Å². The molecule has 1 aliphatic carbocycles. The lowest BCUT2D eigenvalue weighted by molar-refractivity contribution is 0.246.